The molecule has 0 atom stereocenters. The number of para-hydroxylation sites is 1. The molecule has 0 spiro atoms. The van der Waals surface area contributed by atoms with E-state index in [4.69, 9.17) is 14.5 Å². The summed E-state index contributed by atoms with van der Waals surface area (Å²) in [6.45, 7) is 9.93. The summed E-state index contributed by atoms with van der Waals surface area (Å²) in [6.07, 6.45) is 1.09. The van der Waals surface area contributed by atoms with Crippen molar-refractivity contribution < 1.29 is 9.47 Å². The van der Waals surface area contributed by atoms with Crippen molar-refractivity contribution in [2.45, 2.75) is 26.5 Å². The lowest BCUT2D eigenvalue weighted by atomic mass is 10.1. The van der Waals surface area contributed by atoms with Crippen LogP contribution in [0.3, 0.4) is 0 Å². The van der Waals surface area contributed by atoms with Gasteiger partial charge in [0.15, 0.2) is 5.96 Å². The van der Waals surface area contributed by atoms with Crippen LogP contribution in [0.2, 0.25) is 0 Å². The zero-order valence-corrected chi connectivity index (χ0v) is 20.7. The number of nitrogens with zero attached hydrogens (tertiary/aromatic N) is 2. The lowest BCUT2D eigenvalue weighted by Crippen LogP contribution is -2.40. The fourth-order valence-corrected chi connectivity index (χ4v) is 3.35. The predicted octanol–water partition coefficient (Wildman–Crippen LogP) is 3.66. The zero-order chi connectivity index (χ0) is 20.9. The van der Waals surface area contributed by atoms with Gasteiger partial charge in [-0.1, -0.05) is 42.5 Å². The molecule has 0 aliphatic carbocycles. The molecular weight excluding hydrogens is 503 g/mol. The average Bonchev–Trinajstić information content (AvgIpc) is 2.80. The van der Waals surface area contributed by atoms with Crippen molar-refractivity contribution in [1.82, 2.24) is 15.5 Å². The van der Waals surface area contributed by atoms with Crippen molar-refractivity contribution in [3.8, 4) is 5.75 Å². The van der Waals surface area contributed by atoms with Gasteiger partial charge in [-0.25, -0.2) is 4.99 Å². The smallest absolute Gasteiger partial charge is 0.191 e. The Labute approximate surface area is 203 Å². The fourth-order valence-electron chi connectivity index (χ4n) is 3.35. The van der Waals surface area contributed by atoms with Gasteiger partial charge in [-0.05, 0) is 43.1 Å². The van der Waals surface area contributed by atoms with Crippen LogP contribution < -0.4 is 15.4 Å². The summed E-state index contributed by atoms with van der Waals surface area (Å²) < 4.78 is 11.3. The van der Waals surface area contributed by atoms with E-state index < -0.39 is 0 Å². The summed E-state index contributed by atoms with van der Waals surface area (Å²) in [7, 11) is 0. The van der Waals surface area contributed by atoms with E-state index in [1.165, 1.54) is 5.56 Å². The minimum absolute atomic E-state index is 0. The zero-order valence-electron chi connectivity index (χ0n) is 18.4. The molecule has 6 nitrogen and oxygen atoms in total. The Morgan fingerprint density at radius 3 is 2.58 bits per heavy atom. The number of ether oxygens (including phenoxy) is 2. The summed E-state index contributed by atoms with van der Waals surface area (Å²) in [5.41, 5.74) is 2.32. The Morgan fingerprint density at radius 1 is 1.03 bits per heavy atom. The van der Waals surface area contributed by atoms with Crippen LogP contribution in [0.15, 0.2) is 59.6 Å². The van der Waals surface area contributed by atoms with Crippen LogP contribution in [0.1, 0.15) is 24.5 Å². The number of rotatable bonds is 10. The monoisotopic (exact) mass is 538 g/mol. The van der Waals surface area contributed by atoms with Gasteiger partial charge >= 0.3 is 0 Å². The van der Waals surface area contributed by atoms with Crippen LogP contribution in [0.4, 0.5) is 0 Å². The van der Waals surface area contributed by atoms with Gasteiger partial charge in [0.1, 0.15) is 12.4 Å². The van der Waals surface area contributed by atoms with E-state index >= 15 is 0 Å². The molecule has 1 aliphatic rings. The van der Waals surface area contributed by atoms with Crippen LogP contribution >= 0.6 is 24.0 Å². The Kier molecular flexibility index (Phi) is 12.3. The topological polar surface area (TPSA) is 58.1 Å². The van der Waals surface area contributed by atoms with Crippen LogP contribution in [-0.4, -0.2) is 56.8 Å². The second-order valence-corrected chi connectivity index (χ2v) is 7.35. The van der Waals surface area contributed by atoms with Gasteiger partial charge in [0.25, 0.3) is 0 Å². The Hall–Kier alpha value is -1.84. The van der Waals surface area contributed by atoms with Crippen LogP contribution in [0, 0.1) is 0 Å². The third kappa shape index (κ3) is 9.88. The van der Waals surface area contributed by atoms with Gasteiger partial charge in [0.05, 0.1) is 19.8 Å². The maximum absolute atomic E-state index is 5.85. The van der Waals surface area contributed by atoms with Gasteiger partial charge in [-0.2, -0.15) is 0 Å². The summed E-state index contributed by atoms with van der Waals surface area (Å²) in [4.78, 5) is 7.20. The molecule has 3 rings (SSSR count). The lowest BCUT2D eigenvalue weighted by molar-refractivity contribution is 0.0376. The predicted molar refractivity (Wildman–Crippen MR) is 137 cm³/mol. The number of halogens is 1. The first-order valence-electron chi connectivity index (χ1n) is 10.9. The maximum atomic E-state index is 5.85. The SMILES string of the molecule is CCNC(=NCc1cccc(COc2ccccc2)c1)NCCCN1CCOCC1.I. The van der Waals surface area contributed by atoms with Crippen LogP contribution in [0.25, 0.3) is 0 Å². The largest absolute Gasteiger partial charge is 0.489 e. The van der Waals surface area contributed by atoms with Crippen molar-refractivity contribution in [1.29, 1.82) is 0 Å². The van der Waals surface area contributed by atoms with Crippen LogP contribution in [-0.2, 0) is 17.9 Å². The number of hydrogen-bond acceptors (Lipinski definition) is 4. The molecule has 1 heterocycles. The van der Waals surface area contributed by atoms with E-state index in [2.05, 4.69) is 46.7 Å². The molecule has 7 heteroatoms. The number of guanidine groups is 1. The summed E-state index contributed by atoms with van der Waals surface area (Å²) in [5.74, 6) is 1.75. The van der Waals surface area contributed by atoms with Gasteiger partial charge in [-0.15, -0.1) is 24.0 Å². The van der Waals surface area contributed by atoms with E-state index in [0.717, 1.165) is 69.6 Å². The molecule has 0 radical (unpaired) electrons. The van der Waals surface area contributed by atoms with Crippen molar-refractivity contribution >= 4 is 29.9 Å². The van der Waals surface area contributed by atoms with E-state index in [-0.39, 0.29) is 24.0 Å². The average molecular weight is 538 g/mol. The van der Waals surface area contributed by atoms with Crippen molar-refractivity contribution in [2.75, 3.05) is 45.9 Å². The molecule has 1 fully saturated rings. The number of benzene rings is 2. The normalized spacial score (nSPS) is 14.5. The Morgan fingerprint density at radius 2 is 1.81 bits per heavy atom. The van der Waals surface area contributed by atoms with E-state index in [0.29, 0.717) is 13.2 Å². The molecule has 2 N–H and O–H groups in total. The molecule has 31 heavy (non-hydrogen) atoms. The minimum Gasteiger partial charge on any atom is -0.489 e. The molecule has 0 amide bonds. The summed E-state index contributed by atoms with van der Waals surface area (Å²) in [6, 6.07) is 18.3. The first kappa shape index (κ1) is 25.4. The Bertz CT molecular complexity index is 767. The fraction of sp³-hybridized carbons (Fsp3) is 0.458. The number of morpholine rings is 1. The molecule has 0 aromatic heterocycles. The van der Waals surface area contributed by atoms with E-state index in [1.807, 2.05) is 30.3 Å². The highest BCUT2D eigenvalue weighted by molar-refractivity contribution is 14.0. The number of nitrogens with one attached hydrogen (secondary N) is 2. The molecule has 0 saturated carbocycles. The standard InChI is InChI=1S/C24H34N4O2.HI/c1-2-25-24(26-12-7-13-28-14-16-29-17-15-28)27-19-21-8-6-9-22(18-21)20-30-23-10-4-3-5-11-23;/h3-6,8-11,18H,2,7,12-17,19-20H2,1H3,(H2,25,26,27);1H. The van der Waals surface area contributed by atoms with Crippen molar-refractivity contribution in [2.24, 2.45) is 4.99 Å². The number of hydrogen-bond donors (Lipinski definition) is 2. The molecular formula is C24H35IN4O2. The molecule has 170 valence electrons. The second-order valence-electron chi connectivity index (χ2n) is 7.35. The lowest BCUT2D eigenvalue weighted by Gasteiger charge is -2.26. The minimum atomic E-state index is 0. The summed E-state index contributed by atoms with van der Waals surface area (Å²) in [5, 5.41) is 6.78. The first-order chi connectivity index (χ1) is 14.8. The Balaban J connectivity index is 0.00000341. The molecule has 0 bridgehead atoms. The highest BCUT2D eigenvalue weighted by Crippen LogP contribution is 2.13. The van der Waals surface area contributed by atoms with E-state index in [1.54, 1.807) is 0 Å². The first-order valence-corrected chi connectivity index (χ1v) is 10.9. The third-order valence-corrected chi connectivity index (χ3v) is 4.95. The highest BCUT2D eigenvalue weighted by atomic mass is 127. The van der Waals surface area contributed by atoms with Gasteiger partial charge in [0.2, 0.25) is 0 Å². The van der Waals surface area contributed by atoms with Crippen LogP contribution in [0.5, 0.6) is 5.75 Å². The molecule has 0 unspecified atom stereocenters. The quantitative estimate of drug-likeness (QED) is 0.209. The van der Waals surface area contributed by atoms with Gasteiger partial charge in [0, 0.05) is 26.2 Å². The summed E-state index contributed by atoms with van der Waals surface area (Å²) >= 11 is 0. The van der Waals surface area contributed by atoms with E-state index in [9.17, 15) is 0 Å². The number of aliphatic imine (C=N–C) groups is 1. The highest BCUT2D eigenvalue weighted by Gasteiger charge is 2.09. The van der Waals surface area contributed by atoms with Gasteiger partial charge < -0.3 is 20.1 Å². The second kappa shape index (κ2) is 15.0. The molecule has 2 aromatic carbocycles. The third-order valence-electron chi connectivity index (χ3n) is 4.95. The van der Waals surface area contributed by atoms with Crippen molar-refractivity contribution in [3.63, 3.8) is 0 Å². The molecule has 2 aromatic rings. The maximum Gasteiger partial charge on any atom is 0.191 e. The van der Waals surface area contributed by atoms with Crippen molar-refractivity contribution in [3.05, 3.63) is 65.7 Å². The van der Waals surface area contributed by atoms with Gasteiger partial charge in [-0.3, -0.25) is 4.90 Å². The molecule has 1 aliphatic heterocycles. The molecule has 1 saturated heterocycles.